The van der Waals surface area contributed by atoms with Gasteiger partial charge in [0.15, 0.2) is 6.29 Å². The normalized spacial score (nSPS) is 9.31. The second kappa shape index (κ2) is 5.03. The molecule has 0 radical (unpaired) electrons. The quantitative estimate of drug-likeness (QED) is 0.575. The molecule has 0 fully saturated rings. The summed E-state index contributed by atoms with van der Waals surface area (Å²) in [4.78, 5) is 22.1. The fraction of sp³-hybridized carbons (Fsp3) is 0.182. The van der Waals surface area contributed by atoms with Gasteiger partial charge in [0, 0.05) is 5.56 Å². The van der Waals surface area contributed by atoms with Gasteiger partial charge in [-0.3, -0.25) is 4.79 Å². The molecule has 0 heterocycles. The van der Waals surface area contributed by atoms with Crippen molar-refractivity contribution in [2.24, 2.45) is 0 Å². The summed E-state index contributed by atoms with van der Waals surface area (Å²) in [5.41, 5.74) is -0.848. The van der Waals surface area contributed by atoms with E-state index in [0.29, 0.717) is 6.29 Å². The third kappa shape index (κ3) is 2.06. The molecule has 0 aliphatic rings. The molecule has 0 N–H and O–H groups in total. The van der Waals surface area contributed by atoms with Crippen LogP contribution in [-0.4, -0.2) is 18.9 Å². The van der Waals surface area contributed by atoms with E-state index in [0.717, 1.165) is 12.1 Å². The van der Waals surface area contributed by atoms with Crippen LogP contribution < -0.4 is 0 Å². The van der Waals surface area contributed by atoms with E-state index in [9.17, 15) is 14.0 Å². The first-order valence-corrected chi connectivity index (χ1v) is 4.50. The number of carbonyl (C=O) groups excluding carboxylic acids is 2. The van der Waals surface area contributed by atoms with Gasteiger partial charge in [-0.1, -0.05) is 0 Å². The molecule has 0 aromatic heterocycles. The Morgan fingerprint density at radius 1 is 1.62 bits per heavy atom. The smallest absolute Gasteiger partial charge is 0.340 e. The number of halogens is 1. The first-order valence-electron chi connectivity index (χ1n) is 4.50. The fourth-order valence-electron chi connectivity index (χ4n) is 1.22. The number of aldehydes is 1. The van der Waals surface area contributed by atoms with Crippen molar-refractivity contribution in [3.05, 3.63) is 34.6 Å². The third-order valence-electron chi connectivity index (χ3n) is 1.91. The van der Waals surface area contributed by atoms with E-state index in [1.807, 2.05) is 0 Å². The first kappa shape index (κ1) is 11.9. The van der Waals surface area contributed by atoms with Crippen LogP contribution >= 0.6 is 0 Å². The van der Waals surface area contributed by atoms with Crippen molar-refractivity contribution in [1.29, 1.82) is 5.26 Å². The Morgan fingerprint density at radius 2 is 2.31 bits per heavy atom. The van der Waals surface area contributed by atoms with E-state index in [1.54, 1.807) is 13.0 Å². The van der Waals surface area contributed by atoms with Crippen molar-refractivity contribution in [2.75, 3.05) is 6.61 Å². The minimum atomic E-state index is -0.874. The molecule has 5 heteroatoms. The zero-order valence-corrected chi connectivity index (χ0v) is 8.49. The largest absolute Gasteiger partial charge is 0.462 e. The summed E-state index contributed by atoms with van der Waals surface area (Å²) in [6.07, 6.45) is 0.381. The monoisotopic (exact) mass is 221 g/mol. The summed E-state index contributed by atoms with van der Waals surface area (Å²) < 4.78 is 17.9. The molecule has 0 amide bonds. The minimum absolute atomic E-state index is 0.0589. The molecule has 1 aromatic rings. The molecule has 0 saturated carbocycles. The molecule has 0 saturated heterocycles. The van der Waals surface area contributed by atoms with E-state index < -0.39 is 17.3 Å². The average Bonchev–Trinajstić information content (AvgIpc) is 2.28. The average molecular weight is 221 g/mol. The zero-order valence-electron chi connectivity index (χ0n) is 8.49. The molecular weight excluding hydrogens is 213 g/mol. The van der Waals surface area contributed by atoms with Gasteiger partial charge in [0.05, 0.1) is 12.2 Å². The molecule has 1 rings (SSSR count). The van der Waals surface area contributed by atoms with Gasteiger partial charge < -0.3 is 4.74 Å². The number of hydrogen-bond donors (Lipinski definition) is 0. The summed E-state index contributed by atoms with van der Waals surface area (Å²) in [5.74, 6) is -1.73. The Balaban J connectivity index is 3.43. The highest BCUT2D eigenvalue weighted by Crippen LogP contribution is 2.17. The summed E-state index contributed by atoms with van der Waals surface area (Å²) in [5, 5.41) is 8.72. The van der Waals surface area contributed by atoms with Crippen LogP contribution in [0.5, 0.6) is 0 Å². The molecule has 4 nitrogen and oxygen atoms in total. The lowest BCUT2D eigenvalue weighted by Crippen LogP contribution is -2.11. The Labute approximate surface area is 91.3 Å². The number of hydrogen-bond acceptors (Lipinski definition) is 4. The molecule has 82 valence electrons. The van der Waals surface area contributed by atoms with E-state index in [1.165, 1.54) is 0 Å². The SMILES string of the molecule is CCOC(=O)c1c(C=O)ccc(F)c1C#N. The lowest BCUT2D eigenvalue weighted by molar-refractivity contribution is 0.0523. The van der Waals surface area contributed by atoms with Crippen LogP contribution in [0.15, 0.2) is 12.1 Å². The zero-order chi connectivity index (χ0) is 12.1. The van der Waals surface area contributed by atoms with Crippen LogP contribution in [0.3, 0.4) is 0 Å². The summed E-state index contributed by atoms with van der Waals surface area (Å²) in [6.45, 7) is 1.66. The second-order valence-corrected chi connectivity index (χ2v) is 2.84. The predicted octanol–water partition coefficient (Wildman–Crippen LogP) is 1.69. The first-order chi connectivity index (χ1) is 7.65. The number of benzene rings is 1. The number of esters is 1. The van der Waals surface area contributed by atoms with E-state index in [4.69, 9.17) is 5.26 Å². The second-order valence-electron chi connectivity index (χ2n) is 2.84. The highest BCUT2D eigenvalue weighted by atomic mass is 19.1. The highest BCUT2D eigenvalue weighted by molar-refractivity contribution is 6.00. The van der Waals surface area contributed by atoms with Gasteiger partial charge >= 0.3 is 5.97 Å². The maximum Gasteiger partial charge on any atom is 0.340 e. The van der Waals surface area contributed by atoms with Crippen LogP contribution in [0.25, 0.3) is 0 Å². The Kier molecular flexibility index (Phi) is 3.72. The van der Waals surface area contributed by atoms with Gasteiger partial charge in [-0.05, 0) is 19.1 Å². The molecule has 0 bridgehead atoms. The van der Waals surface area contributed by atoms with Crippen molar-refractivity contribution >= 4 is 12.3 Å². The lowest BCUT2D eigenvalue weighted by Gasteiger charge is -2.06. The highest BCUT2D eigenvalue weighted by Gasteiger charge is 2.20. The molecule has 0 spiro atoms. The van der Waals surface area contributed by atoms with Gasteiger partial charge in [-0.15, -0.1) is 0 Å². The van der Waals surface area contributed by atoms with E-state index in [2.05, 4.69) is 4.74 Å². The lowest BCUT2D eigenvalue weighted by atomic mass is 10.0. The van der Waals surface area contributed by atoms with Crippen molar-refractivity contribution < 1.29 is 18.7 Å². The number of nitriles is 1. The number of ether oxygens (including phenoxy) is 1. The van der Waals surface area contributed by atoms with Crippen molar-refractivity contribution in [3.63, 3.8) is 0 Å². The van der Waals surface area contributed by atoms with Crippen LogP contribution in [0, 0.1) is 17.1 Å². The van der Waals surface area contributed by atoms with Gasteiger partial charge in [0.2, 0.25) is 0 Å². The van der Waals surface area contributed by atoms with Crippen molar-refractivity contribution in [3.8, 4) is 6.07 Å². The number of nitrogens with zero attached hydrogens (tertiary/aromatic N) is 1. The summed E-state index contributed by atoms with van der Waals surface area (Å²) in [6, 6.07) is 3.64. The Bertz CT molecular complexity index is 477. The van der Waals surface area contributed by atoms with E-state index in [-0.39, 0.29) is 17.7 Å². The number of carbonyl (C=O) groups is 2. The Hall–Kier alpha value is -2.22. The van der Waals surface area contributed by atoms with Crippen LogP contribution in [0.1, 0.15) is 33.2 Å². The topological polar surface area (TPSA) is 67.2 Å². The summed E-state index contributed by atoms with van der Waals surface area (Å²) >= 11 is 0. The van der Waals surface area contributed by atoms with Gasteiger partial charge in [0.25, 0.3) is 0 Å². The third-order valence-corrected chi connectivity index (χ3v) is 1.91. The Morgan fingerprint density at radius 3 is 2.81 bits per heavy atom. The molecular formula is C11H8FNO3. The van der Waals surface area contributed by atoms with Gasteiger partial charge in [0.1, 0.15) is 17.4 Å². The van der Waals surface area contributed by atoms with Crippen LogP contribution in [-0.2, 0) is 4.74 Å². The van der Waals surface area contributed by atoms with Gasteiger partial charge in [-0.25, -0.2) is 9.18 Å². The molecule has 0 atom stereocenters. The predicted molar refractivity (Wildman–Crippen MR) is 52.5 cm³/mol. The minimum Gasteiger partial charge on any atom is -0.462 e. The van der Waals surface area contributed by atoms with Crippen molar-refractivity contribution in [2.45, 2.75) is 6.92 Å². The molecule has 16 heavy (non-hydrogen) atoms. The molecule has 0 aliphatic carbocycles. The number of rotatable bonds is 3. The maximum absolute atomic E-state index is 13.2. The fourth-order valence-corrected chi connectivity index (χ4v) is 1.22. The molecule has 1 aromatic carbocycles. The van der Waals surface area contributed by atoms with Crippen LogP contribution in [0.2, 0.25) is 0 Å². The van der Waals surface area contributed by atoms with Crippen LogP contribution in [0.4, 0.5) is 4.39 Å². The van der Waals surface area contributed by atoms with Gasteiger partial charge in [-0.2, -0.15) is 5.26 Å². The molecule has 0 aliphatic heterocycles. The maximum atomic E-state index is 13.2. The standard InChI is InChI=1S/C11H8FNO3/c1-2-16-11(15)10-7(6-14)3-4-9(12)8(10)5-13/h3-4,6H,2H2,1H3. The summed E-state index contributed by atoms with van der Waals surface area (Å²) in [7, 11) is 0. The van der Waals surface area contributed by atoms with E-state index >= 15 is 0 Å². The molecule has 0 unspecified atom stereocenters. The van der Waals surface area contributed by atoms with Crippen molar-refractivity contribution in [1.82, 2.24) is 0 Å².